The van der Waals surface area contributed by atoms with Crippen LogP contribution in [0.1, 0.15) is 31.2 Å². The van der Waals surface area contributed by atoms with Gasteiger partial charge in [0.15, 0.2) is 5.65 Å². The van der Waals surface area contributed by atoms with Gasteiger partial charge in [-0.1, -0.05) is 54.6 Å². The summed E-state index contributed by atoms with van der Waals surface area (Å²) in [5.41, 5.74) is 5.81. The van der Waals surface area contributed by atoms with Gasteiger partial charge in [0.2, 0.25) is 5.91 Å². The number of rotatable bonds is 5. The summed E-state index contributed by atoms with van der Waals surface area (Å²) in [6, 6.07) is 25.6. The van der Waals surface area contributed by atoms with E-state index in [4.69, 9.17) is 10.2 Å². The lowest BCUT2D eigenvalue weighted by Crippen LogP contribution is -2.50. The average molecular weight is 475 g/mol. The first-order chi connectivity index (χ1) is 17.6. The Morgan fingerprint density at radius 3 is 2.53 bits per heavy atom. The fourth-order valence-corrected chi connectivity index (χ4v) is 5.03. The Morgan fingerprint density at radius 2 is 1.83 bits per heavy atom. The summed E-state index contributed by atoms with van der Waals surface area (Å²) in [5.74, 6) is -0.246. The molecule has 8 nitrogen and oxygen atoms in total. The Labute approximate surface area is 206 Å². The SMILES string of the molecule is N#CCC(=O)NC1(c2ccc(-c3nc4ccc5n[nH]c(=O)n5c4cc3-c3ccccc3)cc2)CCC1. The maximum Gasteiger partial charge on any atom is 0.348 e. The van der Waals surface area contributed by atoms with Gasteiger partial charge in [0.05, 0.1) is 28.3 Å². The molecule has 2 aromatic carbocycles. The zero-order valence-corrected chi connectivity index (χ0v) is 19.4. The van der Waals surface area contributed by atoms with Crippen molar-refractivity contribution < 1.29 is 4.79 Å². The molecular formula is C28H22N6O2. The Morgan fingerprint density at radius 1 is 1.06 bits per heavy atom. The molecule has 0 spiro atoms. The Hall–Kier alpha value is -4.77. The van der Waals surface area contributed by atoms with Gasteiger partial charge in [-0.15, -0.1) is 0 Å². The van der Waals surface area contributed by atoms with E-state index >= 15 is 0 Å². The van der Waals surface area contributed by atoms with E-state index in [1.807, 2.05) is 72.8 Å². The number of H-pyrrole nitrogens is 1. The molecule has 1 saturated carbocycles. The molecule has 3 heterocycles. The molecule has 8 heteroatoms. The lowest BCUT2D eigenvalue weighted by Gasteiger charge is -2.43. The number of pyridine rings is 2. The minimum atomic E-state index is -0.417. The maximum absolute atomic E-state index is 12.4. The molecule has 1 amide bonds. The van der Waals surface area contributed by atoms with E-state index in [9.17, 15) is 9.59 Å². The first-order valence-electron chi connectivity index (χ1n) is 11.8. The molecule has 0 unspecified atom stereocenters. The topological polar surface area (TPSA) is 116 Å². The third kappa shape index (κ3) is 3.53. The van der Waals surface area contributed by atoms with E-state index in [-0.39, 0.29) is 18.0 Å². The van der Waals surface area contributed by atoms with E-state index in [2.05, 4.69) is 15.5 Å². The minimum absolute atomic E-state index is 0.145. The normalized spacial score (nSPS) is 14.3. The quantitative estimate of drug-likeness (QED) is 0.394. The number of carbonyl (C=O) groups excluding carboxylic acids is 1. The number of benzene rings is 2. The van der Waals surface area contributed by atoms with E-state index in [1.165, 1.54) is 4.40 Å². The van der Waals surface area contributed by atoms with Gasteiger partial charge < -0.3 is 5.32 Å². The number of nitriles is 1. The van der Waals surface area contributed by atoms with Crippen LogP contribution in [0.2, 0.25) is 0 Å². The van der Waals surface area contributed by atoms with Crippen LogP contribution < -0.4 is 11.0 Å². The predicted molar refractivity (Wildman–Crippen MR) is 136 cm³/mol. The van der Waals surface area contributed by atoms with E-state index in [0.29, 0.717) is 16.7 Å². The van der Waals surface area contributed by atoms with E-state index in [1.54, 1.807) is 6.07 Å². The number of aromatic amines is 1. The molecule has 176 valence electrons. The van der Waals surface area contributed by atoms with Crippen molar-refractivity contribution in [2.45, 2.75) is 31.2 Å². The molecule has 0 bridgehead atoms. The van der Waals surface area contributed by atoms with Crippen LogP contribution in [0.3, 0.4) is 0 Å². The standard InChI is InChI=1S/C28H22N6O2/c29-16-13-25(35)31-28(14-4-15-28)20-9-7-19(8-10-20)26-21(18-5-2-1-3-6-18)17-23-22(30-26)11-12-24-32-33-27(36)34(23)24/h1-3,5-12,17H,4,13-15H2,(H,31,35)(H,33,36). The van der Waals surface area contributed by atoms with Gasteiger partial charge in [0.1, 0.15) is 6.42 Å². The van der Waals surface area contributed by atoms with Gasteiger partial charge in [0.25, 0.3) is 0 Å². The second-order valence-corrected chi connectivity index (χ2v) is 9.11. The van der Waals surface area contributed by atoms with Crippen LogP contribution in [-0.4, -0.2) is 25.5 Å². The van der Waals surface area contributed by atoms with Crippen LogP contribution in [0.4, 0.5) is 0 Å². The predicted octanol–water partition coefficient (Wildman–Crippen LogP) is 4.31. The van der Waals surface area contributed by atoms with Crippen molar-refractivity contribution >= 4 is 22.6 Å². The molecule has 0 aliphatic heterocycles. The summed E-state index contributed by atoms with van der Waals surface area (Å²) < 4.78 is 1.53. The van der Waals surface area contributed by atoms with Gasteiger partial charge in [-0.25, -0.2) is 19.3 Å². The number of amides is 1. The van der Waals surface area contributed by atoms with Gasteiger partial charge in [-0.3, -0.25) is 4.79 Å². The molecule has 1 aliphatic rings. The highest BCUT2D eigenvalue weighted by Crippen LogP contribution is 2.42. The fourth-order valence-electron chi connectivity index (χ4n) is 5.03. The number of nitrogens with one attached hydrogen (secondary N) is 2. The fraction of sp³-hybridized carbons (Fsp3) is 0.179. The van der Waals surface area contributed by atoms with Crippen LogP contribution in [-0.2, 0) is 10.3 Å². The van der Waals surface area contributed by atoms with Crippen molar-refractivity contribution in [3.05, 3.63) is 88.8 Å². The molecular weight excluding hydrogens is 452 g/mol. The summed E-state index contributed by atoms with van der Waals surface area (Å²) in [6.07, 6.45) is 2.58. The summed E-state index contributed by atoms with van der Waals surface area (Å²) in [5, 5.41) is 18.5. The van der Waals surface area contributed by atoms with Gasteiger partial charge in [-0.05, 0) is 48.6 Å². The van der Waals surface area contributed by atoms with Crippen molar-refractivity contribution in [2.24, 2.45) is 0 Å². The van der Waals surface area contributed by atoms with E-state index in [0.717, 1.165) is 47.2 Å². The molecule has 2 N–H and O–H groups in total. The molecule has 5 aromatic rings. The van der Waals surface area contributed by atoms with Crippen molar-refractivity contribution in [3.63, 3.8) is 0 Å². The van der Waals surface area contributed by atoms with Crippen LogP contribution >= 0.6 is 0 Å². The first kappa shape index (κ1) is 21.7. The van der Waals surface area contributed by atoms with Gasteiger partial charge in [-0.2, -0.15) is 10.4 Å². The number of fused-ring (bicyclic) bond motifs is 3. The Balaban J connectivity index is 1.48. The van der Waals surface area contributed by atoms with Crippen molar-refractivity contribution in [2.75, 3.05) is 0 Å². The highest BCUT2D eigenvalue weighted by molar-refractivity contribution is 5.91. The summed E-state index contributed by atoms with van der Waals surface area (Å²) in [4.78, 5) is 29.6. The van der Waals surface area contributed by atoms with Crippen LogP contribution in [0.25, 0.3) is 39.1 Å². The monoisotopic (exact) mass is 474 g/mol. The highest BCUT2D eigenvalue weighted by Gasteiger charge is 2.39. The summed E-state index contributed by atoms with van der Waals surface area (Å²) in [6.45, 7) is 0. The van der Waals surface area contributed by atoms with Crippen molar-refractivity contribution in [1.29, 1.82) is 5.26 Å². The second kappa shape index (κ2) is 8.47. The Kier molecular flexibility index (Phi) is 5.11. The molecule has 1 fully saturated rings. The molecule has 0 saturated heterocycles. The van der Waals surface area contributed by atoms with E-state index < -0.39 is 5.54 Å². The number of hydrogen-bond donors (Lipinski definition) is 2. The number of hydrogen-bond acceptors (Lipinski definition) is 5. The summed E-state index contributed by atoms with van der Waals surface area (Å²) >= 11 is 0. The highest BCUT2D eigenvalue weighted by atomic mass is 16.2. The van der Waals surface area contributed by atoms with Gasteiger partial charge >= 0.3 is 5.69 Å². The first-order valence-corrected chi connectivity index (χ1v) is 11.8. The molecule has 36 heavy (non-hydrogen) atoms. The summed E-state index contributed by atoms with van der Waals surface area (Å²) in [7, 11) is 0. The van der Waals surface area contributed by atoms with Crippen molar-refractivity contribution in [3.8, 4) is 28.5 Å². The maximum atomic E-state index is 12.4. The molecule has 0 radical (unpaired) electrons. The van der Waals surface area contributed by atoms with Crippen LogP contribution in [0, 0.1) is 11.3 Å². The zero-order chi connectivity index (χ0) is 24.7. The largest absolute Gasteiger partial charge is 0.348 e. The third-order valence-electron chi connectivity index (χ3n) is 6.98. The number of aromatic nitrogens is 4. The molecule has 6 rings (SSSR count). The molecule has 1 aliphatic carbocycles. The van der Waals surface area contributed by atoms with Crippen molar-refractivity contribution in [1.82, 2.24) is 24.9 Å². The minimum Gasteiger partial charge on any atom is -0.346 e. The lowest BCUT2D eigenvalue weighted by atomic mass is 9.71. The average Bonchev–Trinajstić information content (AvgIpc) is 3.27. The van der Waals surface area contributed by atoms with Crippen LogP contribution in [0.5, 0.6) is 0 Å². The molecule has 0 atom stereocenters. The smallest absolute Gasteiger partial charge is 0.346 e. The third-order valence-corrected chi connectivity index (χ3v) is 6.98. The zero-order valence-electron chi connectivity index (χ0n) is 19.4. The Bertz CT molecular complexity index is 1710. The molecule has 3 aromatic heterocycles. The number of carbonyl (C=O) groups is 1. The van der Waals surface area contributed by atoms with Gasteiger partial charge in [0, 0.05) is 11.1 Å². The number of nitrogens with zero attached hydrogens (tertiary/aromatic N) is 4. The second-order valence-electron chi connectivity index (χ2n) is 9.11. The van der Waals surface area contributed by atoms with Crippen LogP contribution in [0.15, 0.2) is 77.6 Å². The lowest BCUT2D eigenvalue weighted by molar-refractivity contribution is -0.123.